The van der Waals surface area contributed by atoms with E-state index in [9.17, 15) is 14.7 Å². The molecule has 2 aliphatic rings. The number of hydrogen-bond donors (Lipinski definition) is 4. The first-order valence-corrected chi connectivity index (χ1v) is 15.8. The summed E-state index contributed by atoms with van der Waals surface area (Å²) in [5.41, 5.74) is 7.72. The molecule has 5 aromatic rings. The molecule has 2 amide bonds. The number of benzene rings is 4. The summed E-state index contributed by atoms with van der Waals surface area (Å²) in [6.07, 6.45) is 8.32. The lowest BCUT2D eigenvalue weighted by Crippen LogP contribution is -2.35. The zero-order valence-electron chi connectivity index (χ0n) is 25.7. The van der Waals surface area contributed by atoms with Crippen LogP contribution >= 0.6 is 0 Å². The summed E-state index contributed by atoms with van der Waals surface area (Å²) in [6, 6.07) is 29.4. The van der Waals surface area contributed by atoms with E-state index in [0.717, 1.165) is 77.3 Å². The molecule has 8 nitrogen and oxygen atoms in total. The molecule has 7 rings (SSSR count). The van der Waals surface area contributed by atoms with Gasteiger partial charge in [-0.25, -0.2) is 0 Å². The van der Waals surface area contributed by atoms with Crippen LogP contribution < -0.4 is 20.4 Å². The van der Waals surface area contributed by atoms with Crippen LogP contribution in [0.15, 0.2) is 103 Å². The maximum absolute atomic E-state index is 13.1. The highest BCUT2D eigenvalue weighted by Gasteiger charge is 2.22. The number of nitrogens with one attached hydrogen (secondary N) is 3. The monoisotopic (exact) mass is 611 g/mol. The van der Waals surface area contributed by atoms with Gasteiger partial charge in [-0.05, 0) is 122 Å². The van der Waals surface area contributed by atoms with Crippen molar-refractivity contribution in [2.24, 2.45) is 0 Å². The summed E-state index contributed by atoms with van der Waals surface area (Å²) in [5.74, 6) is -0.316. The van der Waals surface area contributed by atoms with Crippen molar-refractivity contribution < 1.29 is 14.7 Å². The number of carbonyl (C=O) groups excluding carboxylic acids is 2. The predicted octanol–water partition coefficient (Wildman–Crippen LogP) is 7.58. The number of nitrogens with zero attached hydrogens (tertiary/aromatic N) is 2. The van der Waals surface area contributed by atoms with Gasteiger partial charge in [0.25, 0.3) is 11.8 Å². The van der Waals surface area contributed by atoms with Crippen molar-refractivity contribution in [3.05, 3.63) is 120 Å². The van der Waals surface area contributed by atoms with Gasteiger partial charge in [0.15, 0.2) is 0 Å². The van der Waals surface area contributed by atoms with Crippen LogP contribution in [0.4, 0.5) is 28.4 Å². The maximum Gasteiger partial charge on any atom is 0.255 e. The van der Waals surface area contributed by atoms with Crippen LogP contribution in [0.1, 0.15) is 52.5 Å². The largest absolute Gasteiger partial charge is 0.393 e. The average molecular weight is 612 g/mol. The van der Waals surface area contributed by atoms with Crippen LogP contribution in [0.3, 0.4) is 0 Å². The third kappa shape index (κ3) is 6.12. The Bertz CT molecular complexity index is 1900. The van der Waals surface area contributed by atoms with Gasteiger partial charge in [0.05, 0.1) is 6.10 Å². The van der Waals surface area contributed by atoms with E-state index in [4.69, 9.17) is 0 Å². The van der Waals surface area contributed by atoms with Crippen molar-refractivity contribution >= 4 is 57.2 Å². The first-order valence-electron chi connectivity index (χ1n) is 15.8. The molecule has 1 saturated heterocycles. The molecule has 0 saturated carbocycles. The van der Waals surface area contributed by atoms with Gasteiger partial charge < -0.3 is 30.5 Å². The summed E-state index contributed by atoms with van der Waals surface area (Å²) < 4.78 is 0. The lowest BCUT2D eigenvalue weighted by Gasteiger charge is -2.31. The highest BCUT2D eigenvalue weighted by molar-refractivity contribution is 6.06. The second-order valence-corrected chi connectivity index (χ2v) is 12.1. The van der Waals surface area contributed by atoms with Gasteiger partial charge in [0, 0.05) is 70.4 Å². The number of aliphatic hydroxyl groups is 1. The minimum atomic E-state index is -0.218. The van der Waals surface area contributed by atoms with Gasteiger partial charge in [-0.3, -0.25) is 9.59 Å². The molecule has 4 N–H and O–H groups in total. The highest BCUT2D eigenvalue weighted by Crippen LogP contribution is 2.37. The first-order chi connectivity index (χ1) is 22.4. The molecule has 1 fully saturated rings. The number of aliphatic hydroxyl groups excluding tert-OH is 1. The SMILES string of the molecule is CC1CC=Cc2cc(NC(=O)c3ccc(N4CCC(O)CC4)cc3)ccc2N1c1ccc(NC(=O)c2ccc3cc[nH]c3c2)cc1. The number of aromatic amines is 1. The Balaban J connectivity index is 1.04. The van der Waals surface area contributed by atoms with E-state index in [0.29, 0.717) is 11.1 Å². The average Bonchev–Trinajstić information content (AvgIpc) is 3.48. The summed E-state index contributed by atoms with van der Waals surface area (Å²) >= 11 is 0. The molecular weight excluding hydrogens is 574 g/mol. The van der Waals surface area contributed by atoms with E-state index in [1.165, 1.54) is 0 Å². The number of carbonyl (C=O) groups is 2. The molecular formula is C38H37N5O3. The Labute approximate surface area is 268 Å². The predicted molar refractivity (Wildman–Crippen MR) is 186 cm³/mol. The van der Waals surface area contributed by atoms with E-state index >= 15 is 0 Å². The standard InChI is InChI=1S/C38H37N5O3/c1-25-3-2-4-28-23-31(41-37(45)27-7-12-32(13-8-27)42-21-18-34(44)19-22-42)11-16-36(28)43(25)33-14-9-30(10-15-33)40-38(46)29-6-5-26-17-20-39-35(26)24-29/h2,4-17,20,23-25,34,39,44H,3,18-19,21-22H2,1H3,(H,40,46)(H,41,45). The molecule has 2 aliphatic heterocycles. The van der Waals surface area contributed by atoms with Crippen molar-refractivity contribution in [1.29, 1.82) is 0 Å². The molecule has 0 radical (unpaired) electrons. The fraction of sp³-hybridized carbons (Fsp3) is 0.211. The van der Waals surface area contributed by atoms with Crippen LogP contribution in [0.5, 0.6) is 0 Å². The van der Waals surface area contributed by atoms with Gasteiger partial charge >= 0.3 is 0 Å². The van der Waals surface area contributed by atoms with Gasteiger partial charge in [-0.1, -0.05) is 18.2 Å². The molecule has 1 atom stereocenters. The van der Waals surface area contributed by atoms with Crippen molar-refractivity contribution in [3.8, 4) is 0 Å². The number of aromatic nitrogens is 1. The fourth-order valence-corrected chi connectivity index (χ4v) is 6.36. The van der Waals surface area contributed by atoms with Crippen LogP contribution in [-0.4, -0.2) is 47.1 Å². The lowest BCUT2D eigenvalue weighted by molar-refractivity contribution is 0.101. The lowest BCUT2D eigenvalue weighted by atomic mass is 10.1. The van der Waals surface area contributed by atoms with Gasteiger partial charge in [0.1, 0.15) is 0 Å². The normalized spacial score (nSPS) is 16.6. The van der Waals surface area contributed by atoms with Crippen LogP contribution in [-0.2, 0) is 0 Å². The van der Waals surface area contributed by atoms with Crippen LogP contribution in [0.25, 0.3) is 17.0 Å². The van der Waals surface area contributed by atoms with E-state index in [1.807, 2.05) is 91.1 Å². The number of amides is 2. The van der Waals surface area contributed by atoms with E-state index < -0.39 is 0 Å². The maximum atomic E-state index is 13.1. The van der Waals surface area contributed by atoms with Crippen LogP contribution in [0.2, 0.25) is 0 Å². The smallest absolute Gasteiger partial charge is 0.255 e. The Hall–Kier alpha value is -5.34. The fourth-order valence-electron chi connectivity index (χ4n) is 6.36. The molecule has 46 heavy (non-hydrogen) atoms. The number of H-pyrrole nitrogens is 1. The number of fused-ring (bicyclic) bond motifs is 2. The van der Waals surface area contributed by atoms with Gasteiger partial charge in [-0.2, -0.15) is 0 Å². The molecule has 8 heteroatoms. The second kappa shape index (κ2) is 12.6. The van der Waals surface area contributed by atoms with Crippen molar-refractivity contribution in [1.82, 2.24) is 4.98 Å². The van der Waals surface area contributed by atoms with E-state index in [1.54, 1.807) is 0 Å². The molecule has 0 bridgehead atoms. The Kier molecular flexibility index (Phi) is 8.03. The molecule has 232 valence electrons. The quantitative estimate of drug-likeness (QED) is 0.159. The molecule has 0 spiro atoms. The summed E-state index contributed by atoms with van der Waals surface area (Å²) in [6.45, 7) is 3.83. The van der Waals surface area contributed by atoms with E-state index in [-0.39, 0.29) is 24.0 Å². The Morgan fingerprint density at radius 3 is 2.24 bits per heavy atom. The van der Waals surface area contributed by atoms with Crippen molar-refractivity contribution in [2.75, 3.05) is 33.5 Å². The van der Waals surface area contributed by atoms with Gasteiger partial charge in [-0.15, -0.1) is 0 Å². The topological polar surface area (TPSA) is 101 Å². The molecule has 3 heterocycles. The molecule has 4 aromatic carbocycles. The first kappa shape index (κ1) is 29.4. The van der Waals surface area contributed by atoms with Crippen molar-refractivity contribution in [2.45, 2.75) is 38.3 Å². The van der Waals surface area contributed by atoms with Crippen LogP contribution in [0, 0.1) is 0 Å². The second-order valence-electron chi connectivity index (χ2n) is 12.1. The van der Waals surface area contributed by atoms with Gasteiger partial charge in [0.2, 0.25) is 0 Å². The minimum Gasteiger partial charge on any atom is -0.393 e. The number of anilines is 5. The molecule has 1 aromatic heterocycles. The highest BCUT2D eigenvalue weighted by atomic mass is 16.3. The summed E-state index contributed by atoms with van der Waals surface area (Å²) in [7, 11) is 0. The zero-order valence-corrected chi connectivity index (χ0v) is 25.7. The number of piperidine rings is 1. The van der Waals surface area contributed by atoms with Crippen molar-refractivity contribution in [3.63, 3.8) is 0 Å². The molecule has 1 unspecified atom stereocenters. The number of hydrogen-bond acceptors (Lipinski definition) is 5. The minimum absolute atomic E-state index is 0.157. The Morgan fingerprint density at radius 1 is 0.783 bits per heavy atom. The third-order valence-electron chi connectivity index (χ3n) is 8.94. The zero-order chi connectivity index (χ0) is 31.6. The Morgan fingerprint density at radius 2 is 1.46 bits per heavy atom. The summed E-state index contributed by atoms with van der Waals surface area (Å²) in [4.78, 5) is 33.8. The van der Waals surface area contributed by atoms with E-state index in [2.05, 4.69) is 50.6 Å². The molecule has 0 aliphatic carbocycles. The number of rotatable bonds is 6. The third-order valence-corrected chi connectivity index (χ3v) is 8.94. The summed E-state index contributed by atoms with van der Waals surface area (Å²) in [5, 5.41) is 16.9.